The van der Waals surface area contributed by atoms with Crippen LogP contribution in [0.5, 0.6) is 0 Å². The van der Waals surface area contributed by atoms with Gasteiger partial charge in [0.15, 0.2) is 0 Å². The lowest BCUT2D eigenvalue weighted by Gasteiger charge is -2.35. The Hall–Kier alpha value is -2.56. The molecule has 0 fully saturated rings. The number of unbranched alkanes of at least 4 members (excludes halogenated alkanes) is 8. The van der Waals surface area contributed by atoms with Gasteiger partial charge in [0, 0.05) is 25.3 Å². The Morgan fingerprint density at radius 2 is 1.03 bits per heavy atom. The van der Waals surface area contributed by atoms with E-state index in [4.69, 9.17) is 5.11 Å². The van der Waals surface area contributed by atoms with Gasteiger partial charge in [0.2, 0.25) is 5.91 Å². The van der Waals surface area contributed by atoms with Gasteiger partial charge < -0.3 is 10.4 Å². The van der Waals surface area contributed by atoms with Gasteiger partial charge >= 0.3 is 0 Å². The highest BCUT2D eigenvalue weighted by Gasteiger charge is 2.36. The second kappa shape index (κ2) is 17.0. The molecule has 3 nitrogen and oxygen atoms in total. The average molecular weight is 518 g/mol. The first-order chi connectivity index (χ1) is 18.3. The summed E-state index contributed by atoms with van der Waals surface area (Å²) in [4.78, 5) is 12.7. The second-order valence-electron chi connectivity index (χ2n) is 9.63. The van der Waals surface area contributed by atoms with Gasteiger partial charge in [0.25, 0.3) is 0 Å². The predicted octanol–water partition coefficient (Wildman–Crippen LogP) is 7.72. The van der Waals surface area contributed by atoms with Crippen molar-refractivity contribution < 1.29 is 9.90 Å². The smallest absolute Gasteiger partial charge is 0.220 e. The Morgan fingerprint density at radius 1 is 0.622 bits per heavy atom. The number of nitrogens with one attached hydrogen (secondary N) is 1. The van der Waals surface area contributed by atoms with E-state index in [1.807, 2.05) is 11.8 Å². The van der Waals surface area contributed by atoms with Gasteiger partial charge in [-0.25, -0.2) is 0 Å². The largest absolute Gasteiger partial charge is 0.396 e. The molecule has 0 unspecified atom stereocenters. The quantitative estimate of drug-likeness (QED) is 0.134. The Bertz CT molecular complexity index is 898. The van der Waals surface area contributed by atoms with Crippen LogP contribution in [0, 0.1) is 0 Å². The maximum Gasteiger partial charge on any atom is 0.220 e. The Balaban J connectivity index is 1.50. The zero-order valence-electron chi connectivity index (χ0n) is 22.1. The van der Waals surface area contributed by atoms with Crippen molar-refractivity contribution in [2.24, 2.45) is 0 Å². The third-order valence-corrected chi connectivity index (χ3v) is 8.39. The van der Waals surface area contributed by atoms with Crippen molar-refractivity contribution in [1.29, 1.82) is 0 Å². The van der Waals surface area contributed by atoms with Crippen molar-refractivity contribution in [3.63, 3.8) is 0 Å². The maximum atomic E-state index is 12.7. The topological polar surface area (TPSA) is 49.3 Å². The number of aliphatic hydroxyl groups is 1. The van der Waals surface area contributed by atoms with E-state index in [2.05, 4.69) is 96.3 Å². The Kier molecular flexibility index (Phi) is 13.4. The predicted molar refractivity (Wildman–Crippen MR) is 158 cm³/mol. The first-order valence-electron chi connectivity index (χ1n) is 14.0. The molecule has 0 radical (unpaired) electrons. The molecule has 198 valence electrons. The van der Waals surface area contributed by atoms with Crippen molar-refractivity contribution >= 4 is 17.7 Å². The second-order valence-corrected chi connectivity index (χ2v) is 10.9. The molecule has 3 aromatic carbocycles. The summed E-state index contributed by atoms with van der Waals surface area (Å²) in [7, 11) is 0. The lowest BCUT2D eigenvalue weighted by atomic mass is 9.84. The van der Waals surface area contributed by atoms with E-state index in [9.17, 15) is 4.79 Å². The van der Waals surface area contributed by atoms with Crippen LogP contribution in [-0.2, 0) is 9.54 Å². The van der Waals surface area contributed by atoms with Crippen molar-refractivity contribution in [3.05, 3.63) is 108 Å². The van der Waals surface area contributed by atoms with E-state index in [0.717, 1.165) is 31.6 Å². The normalized spacial score (nSPS) is 11.4. The minimum absolute atomic E-state index is 0.138. The van der Waals surface area contributed by atoms with Crippen LogP contribution in [0.3, 0.4) is 0 Å². The van der Waals surface area contributed by atoms with Gasteiger partial charge in [-0.15, -0.1) is 11.8 Å². The molecule has 0 atom stereocenters. The fraction of sp³-hybridized carbons (Fsp3) is 0.424. The van der Waals surface area contributed by atoms with Gasteiger partial charge in [0.05, 0.1) is 4.75 Å². The van der Waals surface area contributed by atoms with Crippen LogP contribution in [0.1, 0.15) is 80.9 Å². The molecule has 0 aliphatic carbocycles. The van der Waals surface area contributed by atoms with E-state index in [-0.39, 0.29) is 10.7 Å². The molecule has 4 heteroatoms. The molecule has 0 aliphatic heterocycles. The van der Waals surface area contributed by atoms with Crippen LogP contribution in [0.25, 0.3) is 0 Å². The van der Waals surface area contributed by atoms with E-state index in [1.54, 1.807) is 0 Å². The summed E-state index contributed by atoms with van der Waals surface area (Å²) in [5, 5.41) is 12.0. The molecule has 2 N–H and O–H groups in total. The Labute approximate surface area is 228 Å². The van der Waals surface area contributed by atoms with Crippen molar-refractivity contribution in [2.45, 2.75) is 69.0 Å². The fourth-order valence-corrected chi connectivity index (χ4v) is 6.36. The first-order valence-corrected chi connectivity index (χ1v) is 14.9. The molecule has 0 heterocycles. The molecule has 3 rings (SSSR count). The zero-order valence-corrected chi connectivity index (χ0v) is 22.9. The van der Waals surface area contributed by atoms with E-state index in [1.165, 1.54) is 55.2 Å². The SMILES string of the molecule is O=C(CCSC(c1ccccc1)(c1ccccc1)c1ccccc1)NCCCCCCCCCCCO. The van der Waals surface area contributed by atoms with Gasteiger partial charge in [-0.1, -0.05) is 136 Å². The number of benzene rings is 3. The van der Waals surface area contributed by atoms with Gasteiger partial charge in [-0.05, 0) is 29.5 Å². The summed E-state index contributed by atoms with van der Waals surface area (Å²) in [6, 6.07) is 31.9. The minimum Gasteiger partial charge on any atom is -0.396 e. The monoisotopic (exact) mass is 517 g/mol. The Morgan fingerprint density at radius 3 is 1.46 bits per heavy atom. The molecular weight excluding hydrogens is 474 g/mol. The number of rotatable bonds is 18. The van der Waals surface area contributed by atoms with Crippen LogP contribution in [0.15, 0.2) is 91.0 Å². The summed E-state index contributed by atoms with van der Waals surface area (Å²) in [5.41, 5.74) is 3.68. The zero-order chi connectivity index (χ0) is 26.0. The van der Waals surface area contributed by atoms with Crippen LogP contribution in [0.4, 0.5) is 0 Å². The molecule has 0 saturated heterocycles. The van der Waals surface area contributed by atoms with E-state index in [0.29, 0.717) is 13.0 Å². The third-order valence-electron chi connectivity index (χ3n) is 6.85. The molecule has 0 aromatic heterocycles. The highest BCUT2D eigenvalue weighted by atomic mass is 32.2. The summed E-state index contributed by atoms with van der Waals surface area (Å²) >= 11 is 1.84. The number of hydrogen-bond acceptors (Lipinski definition) is 3. The first kappa shape index (κ1) is 29.0. The number of amides is 1. The molecule has 0 saturated carbocycles. The molecule has 0 spiro atoms. The minimum atomic E-state index is -0.373. The molecular formula is C33H43NO2S. The number of hydrogen-bond donors (Lipinski definition) is 2. The number of aliphatic hydroxyl groups excluding tert-OH is 1. The third kappa shape index (κ3) is 9.36. The standard InChI is InChI=1S/C33H43NO2S/c35-27-18-7-5-3-1-2-4-6-17-26-34-32(36)25-28-37-33(29-19-11-8-12-20-29,30-21-13-9-14-22-30)31-23-15-10-16-24-31/h8-16,19-24,35H,1-7,17-18,25-28H2,(H,34,36). The molecule has 1 amide bonds. The van der Waals surface area contributed by atoms with Crippen LogP contribution < -0.4 is 5.32 Å². The maximum absolute atomic E-state index is 12.7. The van der Waals surface area contributed by atoms with Crippen molar-refractivity contribution in [2.75, 3.05) is 18.9 Å². The highest BCUT2D eigenvalue weighted by Crippen LogP contribution is 2.48. The van der Waals surface area contributed by atoms with Crippen LogP contribution in [0.2, 0.25) is 0 Å². The number of carbonyl (C=O) groups excluding carboxylic acids is 1. The summed E-state index contributed by atoms with van der Waals surface area (Å²) in [5.74, 6) is 0.875. The van der Waals surface area contributed by atoms with E-state index >= 15 is 0 Å². The molecule has 0 aliphatic rings. The van der Waals surface area contributed by atoms with Crippen molar-refractivity contribution in [1.82, 2.24) is 5.32 Å². The highest BCUT2D eigenvalue weighted by molar-refractivity contribution is 8.00. The molecule has 3 aromatic rings. The van der Waals surface area contributed by atoms with Crippen LogP contribution in [-0.4, -0.2) is 29.9 Å². The van der Waals surface area contributed by atoms with Crippen molar-refractivity contribution in [3.8, 4) is 0 Å². The fourth-order valence-electron chi connectivity index (χ4n) is 4.86. The molecule has 0 bridgehead atoms. The number of thioether (sulfide) groups is 1. The van der Waals surface area contributed by atoms with Gasteiger partial charge in [-0.3, -0.25) is 4.79 Å². The summed E-state index contributed by atoms with van der Waals surface area (Å²) in [6.45, 7) is 1.08. The molecule has 37 heavy (non-hydrogen) atoms. The van der Waals surface area contributed by atoms with E-state index < -0.39 is 0 Å². The number of carbonyl (C=O) groups is 1. The lowest BCUT2D eigenvalue weighted by Crippen LogP contribution is -2.28. The van der Waals surface area contributed by atoms with Gasteiger partial charge in [-0.2, -0.15) is 0 Å². The van der Waals surface area contributed by atoms with Gasteiger partial charge in [0.1, 0.15) is 0 Å². The lowest BCUT2D eigenvalue weighted by molar-refractivity contribution is -0.120. The summed E-state index contributed by atoms with van der Waals surface area (Å²) in [6.07, 6.45) is 11.1. The van der Waals surface area contributed by atoms with Crippen LogP contribution >= 0.6 is 11.8 Å². The summed E-state index contributed by atoms with van der Waals surface area (Å²) < 4.78 is -0.373. The average Bonchev–Trinajstić information content (AvgIpc) is 2.95.